The first-order chi connectivity index (χ1) is 14.7. The Hall–Kier alpha value is -2.48. The summed E-state index contributed by atoms with van der Waals surface area (Å²) in [5.41, 5.74) is 6.05. The highest BCUT2D eigenvalue weighted by atomic mass is 35.5. The largest absolute Gasteiger partial charge is 0.492 e. The Kier molecular flexibility index (Phi) is 6.62. The van der Waals surface area contributed by atoms with E-state index in [1.54, 1.807) is 11.8 Å². The molecule has 152 valence electrons. The second kappa shape index (κ2) is 9.55. The zero-order valence-electron chi connectivity index (χ0n) is 17.0. The van der Waals surface area contributed by atoms with Crippen molar-refractivity contribution < 1.29 is 4.74 Å². The lowest BCUT2D eigenvalue weighted by Crippen LogP contribution is -2.11. The molecule has 0 bridgehead atoms. The molecular weight excluding hydrogens is 412 g/mol. The Morgan fingerprint density at radius 3 is 2.57 bits per heavy atom. The van der Waals surface area contributed by atoms with Gasteiger partial charge in [-0.05, 0) is 61.4 Å². The highest BCUT2D eigenvalue weighted by Crippen LogP contribution is 2.38. The first-order valence-corrected chi connectivity index (χ1v) is 11.6. The van der Waals surface area contributed by atoms with Gasteiger partial charge in [0, 0.05) is 16.3 Å². The number of halogens is 1. The average molecular weight is 435 g/mol. The Bertz CT molecular complexity index is 1110. The Balaban J connectivity index is 1.62. The number of aryl methyl sites for hydroxylation is 1. The maximum absolute atomic E-state index is 9.90. The van der Waals surface area contributed by atoms with Crippen molar-refractivity contribution in [3.8, 4) is 23.1 Å². The lowest BCUT2D eigenvalue weighted by atomic mass is 9.86. The molecule has 0 amide bonds. The number of hydrogen-bond donors (Lipinski definition) is 0. The molecule has 0 radical (unpaired) electrons. The standard InChI is InChI=1S/C25H23ClN2OS/c1-17-8-2-7-13-23(17)29-14-15-30-25-21(16-27)18-9-3-4-10-19(18)24(28-25)20-11-5-6-12-22(20)26/h2,5-8,11-13H,3-4,9-10,14-15H2,1H3. The molecule has 2 aromatic carbocycles. The number of hydrogen-bond acceptors (Lipinski definition) is 4. The fourth-order valence-corrected chi connectivity index (χ4v) is 4.95. The van der Waals surface area contributed by atoms with Crippen molar-refractivity contribution in [2.75, 3.05) is 12.4 Å². The van der Waals surface area contributed by atoms with Crippen molar-refractivity contribution in [2.24, 2.45) is 0 Å². The summed E-state index contributed by atoms with van der Waals surface area (Å²) in [5, 5.41) is 11.4. The van der Waals surface area contributed by atoms with Gasteiger partial charge >= 0.3 is 0 Å². The van der Waals surface area contributed by atoms with Gasteiger partial charge in [0.05, 0.1) is 17.9 Å². The maximum atomic E-state index is 9.90. The summed E-state index contributed by atoms with van der Waals surface area (Å²) in [4.78, 5) is 4.95. The second-order valence-corrected chi connectivity index (χ2v) is 8.85. The summed E-state index contributed by atoms with van der Waals surface area (Å²) in [6.45, 7) is 2.59. The minimum Gasteiger partial charge on any atom is -0.492 e. The number of aromatic nitrogens is 1. The number of pyridine rings is 1. The van der Waals surface area contributed by atoms with E-state index in [1.807, 2.05) is 55.5 Å². The van der Waals surface area contributed by atoms with Gasteiger partial charge in [-0.3, -0.25) is 0 Å². The SMILES string of the molecule is Cc1ccccc1OCCSc1nc(-c2ccccc2Cl)c2c(c1C#N)CCCC2. The van der Waals surface area contributed by atoms with Crippen LogP contribution in [0.15, 0.2) is 53.6 Å². The number of nitriles is 1. The quantitative estimate of drug-likeness (QED) is 0.322. The number of rotatable bonds is 6. The number of thioether (sulfide) groups is 1. The number of ether oxygens (including phenoxy) is 1. The summed E-state index contributed by atoms with van der Waals surface area (Å²) in [5.74, 6) is 1.62. The van der Waals surface area contributed by atoms with E-state index < -0.39 is 0 Å². The van der Waals surface area contributed by atoms with Crippen LogP contribution in [0, 0.1) is 18.3 Å². The normalized spacial score (nSPS) is 12.8. The van der Waals surface area contributed by atoms with Crippen LogP contribution in [-0.2, 0) is 12.8 Å². The van der Waals surface area contributed by atoms with Gasteiger partial charge in [-0.1, -0.05) is 48.0 Å². The second-order valence-electron chi connectivity index (χ2n) is 7.36. The molecule has 4 rings (SSSR count). The van der Waals surface area contributed by atoms with E-state index in [1.165, 1.54) is 5.56 Å². The molecule has 0 fully saturated rings. The van der Waals surface area contributed by atoms with E-state index in [2.05, 4.69) is 6.07 Å². The molecular formula is C25H23ClN2OS. The number of benzene rings is 2. The molecule has 0 saturated heterocycles. The molecule has 0 atom stereocenters. The van der Waals surface area contributed by atoms with Crippen LogP contribution in [-0.4, -0.2) is 17.3 Å². The first kappa shape index (κ1) is 20.8. The molecule has 3 aromatic rings. The molecule has 1 aliphatic carbocycles. The van der Waals surface area contributed by atoms with Gasteiger partial charge in [-0.25, -0.2) is 4.98 Å². The third-order valence-corrected chi connectivity index (χ3v) is 6.67. The number of para-hydroxylation sites is 1. The van der Waals surface area contributed by atoms with Crippen molar-refractivity contribution in [3.63, 3.8) is 0 Å². The van der Waals surface area contributed by atoms with Crippen LogP contribution < -0.4 is 4.74 Å². The molecule has 0 unspecified atom stereocenters. The molecule has 0 saturated carbocycles. The molecule has 5 heteroatoms. The number of nitrogens with zero attached hydrogens (tertiary/aromatic N) is 2. The van der Waals surface area contributed by atoms with E-state index in [4.69, 9.17) is 21.3 Å². The van der Waals surface area contributed by atoms with Crippen molar-refractivity contribution >= 4 is 23.4 Å². The van der Waals surface area contributed by atoms with E-state index in [9.17, 15) is 5.26 Å². The van der Waals surface area contributed by atoms with Crippen LogP contribution in [0.5, 0.6) is 5.75 Å². The molecule has 1 aromatic heterocycles. The van der Waals surface area contributed by atoms with Crippen LogP contribution >= 0.6 is 23.4 Å². The van der Waals surface area contributed by atoms with Crippen LogP contribution in [0.1, 0.15) is 35.1 Å². The zero-order chi connectivity index (χ0) is 20.9. The summed E-state index contributed by atoms with van der Waals surface area (Å²) >= 11 is 8.09. The molecule has 0 spiro atoms. The Morgan fingerprint density at radius 2 is 1.80 bits per heavy atom. The average Bonchev–Trinajstić information content (AvgIpc) is 2.77. The smallest absolute Gasteiger partial charge is 0.122 e. The monoisotopic (exact) mass is 434 g/mol. The minimum absolute atomic E-state index is 0.556. The Labute approximate surface area is 187 Å². The molecule has 1 aliphatic rings. The van der Waals surface area contributed by atoms with E-state index in [0.29, 0.717) is 11.6 Å². The van der Waals surface area contributed by atoms with Crippen LogP contribution in [0.25, 0.3) is 11.3 Å². The third-order valence-electron chi connectivity index (χ3n) is 5.40. The Morgan fingerprint density at radius 1 is 1.07 bits per heavy atom. The van der Waals surface area contributed by atoms with Gasteiger partial charge in [0.2, 0.25) is 0 Å². The predicted molar refractivity (Wildman–Crippen MR) is 123 cm³/mol. The highest BCUT2D eigenvalue weighted by Gasteiger charge is 2.24. The summed E-state index contributed by atoms with van der Waals surface area (Å²) in [6, 6.07) is 18.3. The lowest BCUT2D eigenvalue weighted by Gasteiger charge is -2.22. The van der Waals surface area contributed by atoms with Crippen molar-refractivity contribution in [2.45, 2.75) is 37.6 Å². The molecule has 0 N–H and O–H groups in total. The van der Waals surface area contributed by atoms with Crippen molar-refractivity contribution in [1.82, 2.24) is 4.98 Å². The van der Waals surface area contributed by atoms with E-state index in [-0.39, 0.29) is 0 Å². The van der Waals surface area contributed by atoms with E-state index >= 15 is 0 Å². The van der Waals surface area contributed by atoms with Crippen molar-refractivity contribution in [3.05, 3.63) is 75.8 Å². The van der Waals surface area contributed by atoms with Crippen LogP contribution in [0.2, 0.25) is 5.02 Å². The van der Waals surface area contributed by atoms with Gasteiger partial charge in [0.25, 0.3) is 0 Å². The number of fused-ring (bicyclic) bond motifs is 1. The summed E-state index contributed by atoms with van der Waals surface area (Å²) in [7, 11) is 0. The van der Waals surface area contributed by atoms with Gasteiger partial charge in [-0.15, -0.1) is 11.8 Å². The van der Waals surface area contributed by atoms with Gasteiger partial charge in [-0.2, -0.15) is 5.26 Å². The van der Waals surface area contributed by atoms with Crippen molar-refractivity contribution in [1.29, 1.82) is 5.26 Å². The van der Waals surface area contributed by atoms with Crippen LogP contribution in [0.3, 0.4) is 0 Å². The molecule has 3 nitrogen and oxygen atoms in total. The molecule has 1 heterocycles. The van der Waals surface area contributed by atoms with Gasteiger partial charge in [0.15, 0.2) is 0 Å². The first-order valence-electron chi connectivity index (χ1n) is 10.2. The van der Waals surface area contributed by atoms with E-state index in [0.717, 1.165) is 70.2 Å². The summed E-state index contributed by atoms with van der Waals surface area (Å²) in [6.07, 6.45) is 4.09. The third kappa shape index (κ3) is 4.33. The predicted octanol–water partition coefficient (Wildman–Crippen LogP) is 6.63. The zero-order valence-corrected chi connectivity index (χ0v) is 18.5. The molecule has 0 aliphatic heterocycles. The maximum Gasteiger partial charge on any atom is 0.122 e. The van der Waals surface area contributed by atoms with Gasteiger partial charge < -0.3 is 4.74 Å². The highest BCUT2D eigenvalue weighted by molar-refractivity contribution is 7.99. The van der Waals surface area contributed by atoms with Gasteiger partial charge in [0.1, 0.15) is 16.8 Å². The lowest BCUT2D eigenvalue weighted by molar-refractivity contribution is 0.341. The van der Waals surface area contributed by atoms with Crippen LogP contribution in [0.4, 0.5) is 0 Å². The summed E-state index contributed by atoms with van der Waals surface area (Å²) < 4.78 is 5.93. The molecule has 30 heavy (non-hydrogen) atoms. The minimum atomic E-state index is 0.556. The fourth-order valence-electron chi connectivity index (χ4n) is 3.90. The topological polar surface area (TPSA) is 45.9 Å². The fraction of sp³-hybridized carbons (Fsp3) is 0.280.